The van der Waals surface area contributed by atoms with E-state index in [0.717, 1.165) is 24.1 Å². The molecule has 0 radical (unpaired) electrons. The van der Waals surface area contributed by atoms with Crippen molar-refractivity contribution < 1.29 is 9.59 Å². The predicted octanol–water partition coefficient (Wildman–Crippen LogP) is 3.05. The largest absolute Gasteiger partial charge is 0.294 e. The Morgan fingerprint density at radius 3 is 2.62 bits per heavy atom. The van der Waals surface area contributed by atoms with Crippen molar-refractivity contribution in [3.8, 4) is 0 Å². The summed E-state index contributed by atoms with van der Waals surface area (Å²) in [4.78, 5) is 32.9. The fraction of sp³-hybridized carbons (Fsp3) is 0.368. The minimum absolute atomic E-state index is 0.0211. The first-order valence-electron chi connectivity index (χ1n) is 8.36. The molecule has 2 aliphatic rings. The number of anilines is 1. The van der Waals surface area contributed by atoms with Crippen molar-refractivity contribution in [2.75, 3.05) is 5.32 Å². The highest BCUT2D eigenvalue weighted by molar-refractivity contribution is 5.99. The topological polar surface area (TPSA) is 72.0 Å². The van der Waals surface area contributed by atoms with Gasteiger partial charge in [-0.3, -0.25) is 14.9 Å². The van der Waals surface area contributed by atoms with Crippen LogP contribution >= 0.6 is 0 Å². The van der Waals surface area contributed by atoms with Gasteiger partial charge in [0.25, 0.3) is 0 Å². The van der Waals surface area contributed by atoms with E-state index < -0.39 is 0 Å². The summed E-state index contributed by atoms with van der Waals surface area (Å²) in [5.41, 5.74) is 3.68. The van der Waals surface area contributed by atoms with Crippen LogP contribution in [0.25, 0.3) is 0 Å². The summed E-state index contributed by atoms with van der Waals surface area (Å²) in [5.74, 6) is 0.594. The maximum Gasteiger partial charge on any atom is 0.229 e. The van der Waals surface area contributed by atoms with Gasteiger partial charge < -0.3 is 0 Å². The molecule has 1 aromatic carbocycles. The monoisotopic (exact) mass is 321 g/mol. The smallest absolute Gasteiger partial charge is 0.229 e. The Bertz CT molecular complexity index is 810. The molecule has 0 bridgehead atoms. The Balaban J connectivity index is 1.58. The van der Waals surface area contributed by atoms with Crippen LogP contribution in [0.5, 0.6) is 0 Å². The maximum absolute atomic E-state index is 12.4. The van der Waals surface area contributed by atoms with Crippen molar-refractivity contribution in [3.63, 3.8) is 0 Å². The summed E-state index contributed by atoms with van der Waals surface area (Å²) in [5, 5.41) is 2.76. The number of rotatable bonds is 3. The highest BCUT2D eigenvalue weighted by Gasteiger charge is 2.31. The standard InChI is InChI=1S/C19H19N3O2/c1-11-2-4-12(5-3-11)14-8-16-15(17(23)9-14)10-20-19(21-16)22-18(24)13-6-7-13/h2-5,10,13-14H,6-9H2,1H3,(H,20,21,22,24)/t14-/m0/s1. The number of hydrogen-bond acceptors (Lipinski definition) is 4. The average Bonchev–Trinajstić information content (AvgIpc) is 3.40. The van der Waals surface area contributed by atoms with Crippen molar-refractivity contribution in [2.45, 2.75) is 38.5 Å². The molecule has 4 rings (SSSR count). The molecule has 0 aliphatic heterocycles. The van der Waals surface area contributed by atoms with Gasteiger partial charge in [0, 0.05) is 18.5 Å². The Morgan fingerprint density at radius 1 is 1.17 bits per heavy atom. The van der Waals surface area contributed by atoms with E-state index in [1.807, 2.05) is 6.92 Å². The lowest BCUT2D eigenvalue weighted by atomic mass is 9.82. The number of nitrogens with zero attached hydrogens (tertiary/aromatic N) is 2. The zero-order valence-corrected chi connectivity index (χ0v) is 13.6. The summed E-state index contributed by atoms with van der Waals surface area (Å²) in [6, 6.07) is 8.29. The van der Waals surface area contributed by atoms with E-state index in [4.69, 9.17) is 0 Å². The number of benzene rings is 1. The fourth-order valence-electron chi connectivity index (χ4n) is 3.14. The van der Waals surface area contributed by atoms with Gasteiger partial charge in [-0.05, 0) is 37.7 Å². The molecule has 2 aromatic rings. The van der Waals surface area contributed by atoms with Gasteiger partial charge in [0.1, 0.15) is 0 Å². The Kier molecular flexibility index (Phi) is 3.63. The van der Waals surface area contributed by atoms with Crippen LogP contribution < -0.4 is 5.32 Å². The minimum atomic E-state index is -0.0211. The molecule has 1 fully saturated rings. The minimum Gasteiger partial charge on any atom is -0.294 e. The SMILES string of the molecule is Cc1ccc([C@@H]2CC(=O)c3cnc(NC(=O)C4CC4)nc3C2)cc1. The number of hydrogen-bond donors (Lipinski definition) is 1. The summed E-state index contributed by atoms with van der Waals surface area (Å²) in [7, 11) is 0. The molecular formula is C19H19N3O2. The first-order valence-corrected chi connectivity index (χ1v) is 8.36. The molecule has 5 nitrogen and oxygen atoms in total. The third-order valence-corrected chi connectivity index (χ3v) is 4.77. The number of aryl methyl sites for hydroxylation is 1. The number of aromatic nitrogens is 2. The highest BCUT2D eigenvalue weighted by Crippen LogP contribution is 2.33. The van der Waals surface area contributed by atoms with Gasteiger partial charge in [0.05, 0.1) is 11.3 Å². The van der Waals surface area contributed by atoms with Gasteiger partial charge in [0.2, 0.25) is 11.9 Å². The lowest BCUT2D eigenvalue weighted by Crippen LogP contribution is -2.22. The summed E-state index contributed by atoms with van der Waals surface area (Å²) >= 11 is 0. The van der Waals surface area contributed by atoms with E-state index in [2.05, 4.69) is 39.6 Å². The predicted molar refractivity (Wildman–Crippen MR) is 90.0 cm³/mol. The number of ketones is 1. The van der Waals surface area contributed by atoms with Gasteiger partial charge in [-0.2, -0.15) is 0 Å². The number of carbonyl (C=O) groups excluding carboxylic acids is 2. The van der Waals surface area contributed by atoms with Crippen LogP contribution in [0.1, 0.15) is 52.4 Å². The zero-order valence-electron chi connectivity index (χ0n) is 13.6. The quantitative estimate of drug-likeness (QED) is 0.943. The van der Waals surface area contributed by atoms with Crippen LogP contribution in [-0.2, 0) is 11.2 Å². The second-order valence-corrected chi connectivity index (χ2v) is 6.76. The van der Waals surface area contributed by atoms with Crippen molar-refractivity contribution in [1.29, 1.82) is 0 Å². The Morgan fingerprint density at radius 2 is 1.92 bits per heavy atom. The van der Waals surface area contributed by atoms with Crippen LogP contribution in [0, 0.1) is 12.8 Å². The van der Waals surface area contributed by atoms with Crippen LogP contribution in [0.3, 0.4) is 0 Å². The molecule has 1 saturated carbocycles. The Labute approximate surface area is 140 Å². The first-order chi connectivity index (χ1) is 11.6. The second-order valence-electron chi connectivity index (χ2n) is 6.76. The first kappa shape index (κ1) is 15.0. The Hall–Kier alpha value is -2.56. The van der Waals surface area contributed by atoms with Crippen molar-refractivity contribution in [2.24, 2.45) is 5.92 Å². The molecule has 1 aromatic heterocycles. The van der Waals surface area contributed by atoms with Gasteiger partial charge in [-0.25, -0.2) is 9.97 Å². The van der Waals surface area contributed by atoms with Crippen molar-refractivity contribution in [1.82, 2.24) is 9.97 Å². The number of Topliss-reactive ketones (excluding diaryl/α,β-unsaturated/α-hetero) is 1. The van der Waals surface area contributed by atoms with Crippen LogP contribution in [-0.4, -0.2) is 21.7 Å². The van der Waals surface area contributed by atoms with E-state index >= 15 is 0 Å². The third kappa shape index (κ3) is 2.94. The van der Waals surface area contributed by atoms with Gasteiger partial charge in [-0.1, -0.05) is 29.8 Å². The second kappa shape index (κ2) is 5.82. The van der Waals surface area contributed by atoms with Crippen molar-refractivity contribution >= 4 is 17.6 Å². The molecule has 0 saturated heterocycles. The maximum atomic E-state index is 12.4. The third-order valence-electron chi connectivity index (χ3n) is 4.77. The molecule has 1 atom stereocenters. The highest BCUT2D eigenvalue weighted by atomic mass is 16.2. The van der Waals surface area contributed by atoms with Gasteiger partial charge >= 0.3 is 0 Å². The summed E-state index contributed by atoms with van der Waals surface area (Å²) in [6.07, 6.45) is 4.60. The van der Waals surface area contributed by atoms with E-state index in [0.29, 0.717) is 24.4 Å². The normalized spacial score (nSPS) is 19.7. The average molecular weight is 321 g/mol. The van der Waals surface area contributed by atoms with Crippen molar-refractivity contribution in [3.05, 3.63) is 52.8 Å². The van der Waals surface area contributed by atoms with E-state index in [1.54, 1.807) is 6.20 Å². The van der Waals surface area contributed by atoms with Gasteiger partial charge in [-0.15, -0.1) is 0 Å². The van der Waals surface area contributed by atoms with E-state index in [1.165, 1.54) is 5.56 Å². The van der Waals surface area contributed by atoms with Crippen LogP contribution in [0.15, 0.2) is 30.5 Å². The summed E-state index contributed by atoms with van der Waals surface area (Å²) in [6.45, 7) is 2.05. The van der Waals surface area contributed by atoms with E-state index in [9.17, 15) is 9.59 Å². The molecule has 24 heavy (non-hydrogen) atoms. The molecule has 122 valence electrons. The molecule has 1 amide bonds. The van der Waals surface area contributed by atoms with Crippen LogP contribution in [0.4, 0.5) is 5.95 Å². The molecule has 0 unspecified atom stereocenters. The lowest BCUT2D eigenvalue weighted by Gasteiger charge is -2.23. The number of amides is 1. The van der Waals surface area contributed by atoms with Gasteiger partial charge in [0.15, 0.2) is 5.78 Å². The number of carbonyl (C=O) groups is 2. The lowest BCUT2D eigenvalue weighted by molar-refractivity contribution is -0.117. The fourth-order valence-corrected chi connectivity index (χ4v) is 3.14. The molecule has 1 N–H and O–H groups in total. The molecular weight excluding hydrogens is 302 g/mol. The molecule has 1 heterocycles. The molecule has 5 heteroatoms. The molecule has 2 aliphatic carbocycles. The number of fused-ring (bicyclic) bond motifs is 1. The zero-order chi connectivity index (χ0) is 16.7. The van der Waals surface area contributed by atoms with E-state index in [-0.39, 0.29) is 23.5 Å². The summed E-state index contributed by atoms with van der Waals surface area (Å²) < 4.78 is 0. The number of nitrogens with one attached hydrogen (secondary N) is 1. The van der Waals surface area contributed by atoms with Crippen LogP contribution in [0.2, 0.25) is 0 Å². The molecule has 0 spiro atoms.